The van der Waals surface area contributed by atoms with E-state index in [1.54, 1.807) is 17.5 Å². The van der Waals surface area contributed by atoms with Crippen LogP contribution in [0, 0.1) is 11.8 Å². The van der Waals surface area contributed by atoms with Crippen LogP contribution in [0.15, 0.2) is 11.6 Å². The topological polar surface area (TPSA) is 79.3 Å². The summed E-state index contributed by atoms with van der Waals surface area (Å²) in [5.74, 6) is -1.85. The minimum absolute atomic E-state index is 0.128. The van der Waals surface area contributed by atoms with Crippen molar-refractivity contribution in [1.29, 1.82) is 0 Å². The van der Waals surface area contributed by atoms with Crippen LogP contribution >= 0.6 is 11.3 Å². The fraction of sp³-hybridized carbons (Fsp3) is 0.583. The maximum absolute atomic E-state index is 11.9. The number of aliphatic carboxylic acids is 1. The molecule has 0 saturated heterocycles. The van der Waals surface area contributed by atoms with Crippen LogP contribution in [0.4, 0.5) is 0 Å². The van der Waals surface area contributed by atoms with Crippen LogP contribution in [-0.2, 0) is 16.0 Å². The summed E-state index contributed by atoms with van der Waals surface area (Å²) < 4.78 is 0. The fourth-order valence-corrected chi connectivity index (χ4v) is 2.99. The maximum Gasteiger partial charge on any atom is 0.307 e. The highest BCUT2D eigenvalue weighted by Gasteiger charge is 2.37. The van der Waals surface area contributed by atoms with Gasteiger partial charge in [0.2, 0.25) is 5.91 Å². The number of aromatic nitrogens is 1. The molecule has 0 bridgehead atoms. The van der Waals surface area contributed by atoms with E-state index in [0.717, 1.165) is 11.4 Å². The van der Waals surface area contributed by atoms with Crippen LogP contribution < -0.4 is 5.32 Å². The highest BCUT2D eigenvalue weighted by molar-refractivity contribution is 7.09. The highest BCUT2D eigenvalue weighted by atomic mass is 32.1. The number of carboxylic acids is 1. The first-order valence-corrected chi connectivity index (χ1v) is 6.95. The average molecular weight is 268 g/mol. The van der Waals surface area contributed by atoms with Crippen molar-refractivity contribution >= 4 is 23.2 Å². The molecule has 5 nitrogen and oxygen atoms in total. The second kappa shape index (κ2) is 5.95. The normalized spacial score (nSPS) is 22.9. The Bertz CT molecular complexity index is 419. The number of rotatable bonds is 5. The second-order valence-electron chi connectivity index (χ2n) is 4.45. The number of hydrogen-bond acceptors (Lipinski definition) is 4. The van der Waals surface area contributed by atoms with Crippen molar-refractivity contribution in [3.63, 3.8) is 0 Å². The van der Waals surface area contributed by atoms with E-state index in [1.165, 1.54) is 0 Å². The van der Waals surface area contributed by atoms with Crippen LogP contribution in [0.25, 0.3) is 0 Å². The number of carboxylic acid groups (broad SMARTS) is 1. The minimum atomic E-state index is -0.854. The third-order valence-electron chi connectivity index (χ3n) is 3.29. The fourth-order valence-electron chi connectivity index (χ4n) is 2.37. The summed E-state index contributed by atoms with van der Waals surface area (Å²) in [6.45, 7) is 0.523. The molecule has 1 saturated carbocycles. The Morgan fingerprint density at radius 3 is 2.89 bits per heavy atom. The van der Waals surface area contributed by atoms with E-state index in [9.17, 15) is 9.59 Å². The van der Waals surface area contributed by atoms with Crippen molar-refractivity contribution in [2.24, 2.45) is 11.8 Å². The average Bonchev–Trinajstić information content (AvgIpc) is 2.99. The summed E-state index contributed by atoms with van der Waals surface area (Å²) in [5.41, 5.74) is 0. The van der Waals surface area contributed by atoms with Gasteiger partial charge in [-0.25, -0.2) is 4.98 Å². The Balaban J connectivity index is 1.79. The molecule has 1 fully saturated rings. The van der Waals surface area contributed by atoms with E-state index in [-0.39, 0.29) is 11.8 Å². The summed E-state index contributed by atoms with van der Waals surface area (Å²) >= 11 is 1.56. The number of amides is 1. The Hall–Kier alpha value is -1.43. The molecule has 6 heteroatoms. The number of carbonyl (C=O) groups excluding carboxylic acids is 1. The first-order valence-electron chi connectivity index (χ1n) is 6.07. The Morgan fingerprint density at radius 1 is 1.44 bits per heavy atom. The van der Waals surface area contributed by atoms with Crippen LogP contribution in [0.2, 0.25) is 0 Å². The first kappa shape index (κ1) is 13.0. The van der Waals surface area contributed by atoms with Crippen molar-refractivity contribution in [3.05, 3.63) is 16.6 Å². The van der Waals surface area contributed by atoms with E-state index < -0.39 is 11.9 Å². The minimum Gasteiger partial charge on any atom is -0.481 e. The Labute approximate surface area is 109 Å². The molecule has 0 spiro atoms. The van der Waals surface area contributed by atoms with Gasteiger partial charge in [-0.3, -0.25) is 9.59 Å². The molecule has 1 heterocycles. The van der Waals surface area contributed by atoms with E-state index in [1.807, 2.05) is 5.38 Å². The number of nitrogens with one attached hydrogen (secondary N) is 1. The second-order valence-corrected chi connectivity index (χ2v) is 5.43. The van der Waals surface area contributed by atoms with E-state index in [2.05, 4.69) is 10.3 Å². The molecule has 2 N–H and O–H groups in total. The largest absolute Gasteiger partial charge is 0.481 e. The van der Waals surface area contributed by atoms with Crippen molar-refractivity contribution in [2.45, 2.75) is 25.7 Å². The number of thiazole rings is 1. The quantitative estimate of drug-likeness (QED) is 0.843. The lowest BCUT2D eigenvalue weighted by Crippen LogP contribution is -2.36. The van der Waals surface area contributed by atoms with Crippen molar-refractivity contribution in [1.82, 2.24) is 10.3 Å². The molecule has 18 heavy (non-hydrogen) atoms. The maximum atomic E-state index is 11.9. The van der Waals surface area contributed by atoms with Crippen LogP contribution in [0.1, 0.15) is 24.3 Å². The van der Waals surface area contributed by atoms with Gasteiger partial charge in [0.1, 0.15) is 0 Å². The van der Waals surface area contributed by atoms with Gasteiger partial charge in [0, 0.05) is 24.5 Å². The SMILES string of the molecule is O=C(O)C1CCCC1C(=O)NCCc1nccs1. The highest BCUT2D eigenvalue weighted by Crippen LogP contribution is 2.31. The van der Waals surface area contributed by atoms with Crippen LogP contribution in [-0.4, -0.2) is 28.5 Å². The van der Waals surface area contributed by atoms with Crippen molar-refractivity contribution in [3.8, 4) is 0 Å². The molecule has 2 atom stereocenters. The van der Waals surface area contributed by atoms with Gasteiger partial charge in [0.15, 0.2) is 0 Å². The Kier molecular flexibility index (Phi) is 4.30. The molecule has 1 amide bonds. The molecule has 0 radical (unpaired) electrons. The van der Waals surface area contributed by atoms with Gasteiger partial charge in [0.25, 0.3) is 0 Å². The molecule has 1 aliphatic rings. The predicted octanol–water partition coefficient (Wildman–Crippen LogP) is 1.30. The van der Waals surface area contributed by atoms with Crippen LogP contribution in [0.5, 0.6) is 0 Å². The molecular formula is C12H16N2O3S. The van der Waals surface area contributed by atoms with Crippen molar-refractivity contribution in [2.75, 3.05) is 6.54 Å². The molecule has 2 unspecified atom stereocenters. The zero-order valence-corrected chi connectivity index (χ0v) is 10.8. The summed E-state index contributed by atoms with van der Waals surface area (Å²) in [6.07, 6.45) is 4.55. The summed E-state index contributed by atoms with van der Waals surface area (Å²) in [7, 11) is 0. The number of nitrogens with zero attached hydrogens (tertiary/aromatic N) is 1. The van der Waals surface area contributed by atoms with Crippen LogP contribution in [0.3, 0.4) is 0 Å². The third-order valence-corrected chi connectivity index (χ3v) is 4.13. The molecule has 0 aromatic carbocycles. The lowest BCUT2D eigenvalue weighted by molar-refractivity contribution is -0.146. The Morgan fingerprint density at radius 2 is 2.22 bits per heavy atom. The zero-order valence-electron chi connectivity index (χ0n) is 9.96. The lowest BCUT2D eigenvalue weighted by atomic mass is 9.95. The monoisotopic (exact) mass is 268 g/mol. The van der Waals surface area contributed by atoms with Crippen molar-refractivity contribution < 1.29 is 14.7 Å². The summed E-state index contributed by atoms with van der Waals surface area (Å²) in [6, 6.07) is 0. The van der Waals surface area contributed by atoms with Gasteiger partial charge >= 0.3 is 5.97 Å². The third kappa shape index (κ3) is 3.07. The van der Waals surface area contributed by atoms with Gasteiger partial charge in [0.05, 0.1) is 16.8 Å². The predicted molar refractivity (Wildman–Crippen MR) is 67.3 cm³/mol. The molecule has 2 rings (SSSR count). The van der Waals surface area contributed by atoms with Gasteiger partial charge in [-0.1, -0.05) is 6.42 Å². The zero-order chi connectivity index (χ0) is 13.0. The van der Waals surface area contributed by atoms with Gasteiger partial charge < -0.3 is 10.4 Å². The van der Waals surface area contributed by atoms with Gasteiger partial charge in [-0.05, 0) is 12.8 Å². The molecule has 1 aliphatic carbocycles. The van der Waals surface area contributed by atoms with E-state index >= 15 is 0 Å². The van der Waals surface area contributed by atoms with Gasteiger partial charge in [-0.15, -0.1) is 11.3 Å². The molecule has 98 valence electrons. The first-order chi connectivity index (χ1) is 8.68. The summed E-state index contributed by atoms with van der Waals surface area (Å²) in [4.78, 5) is 27.0. The molecule has 1 aromatic rings. The molecule has 0 aliphatic heterocycles. The number of carbonyl (C=O) groups is 2. The lowest BCUT2D eigenvalue weighted by Gasteiger charge is -2.15. The molecular weight excluding hydrogens is 252 g/mol. The molecule has 1 aromatic heterocycles. The smallest absolute Gasteiger partial charge is 0.307 e. The standard InChI is InChI=1S/C12H16N2O3S/c15-11(8-2-1-3-9(8)12(16)17)14-5-4-10-13-6-7-18-10/h6-9H,1-5H2,(H,14,15)(H,16,17). The van der Waals surface area contributed by atoms with Gasteiger partial charge in [-0.2, -0.15) is 0 Å². The summed E-state index contributed by atoms with van der Waals surface area (Å²) in [5, 5.41) is 14.7. The van der Waals surface area contributed by atoms with E-state index in [0.29, 0.717) is 25.8 Å². The number of hydrogen-bond donors (Lipinski definition) is 2. The van der Waals surface area contributed by atoms with E-state index in [4.69, 9.17) is 5.11 Å².